The molecule has 1 aromatic rings. The van der Waals surface area contributed by atoms with E-state index < -0.39 is 0 Å². The van der Waals surface area contributed by atoms with Crippen LogP contribution in [0.1, 0.15) is 12.5 Å². The second-order valence-electron chi connectivity index (χ2n) is 2.83. The molecular formula is C11H15ClO2. The first-order valence-corrected chi connectivity index (χ1v) is 5.25. The smallest absolute Gasteiger partial charge is 0.119 e. The molecule has 0 aromatic heterocycles. The lowest BCUT2D eigenvalue weighted by Crippen LogP contribution is -2.06. The van der Waals surface area contributed by atoms with Crippen molar-refractivity contribution < 1.29 is 9.47 Å². The second-order valence-corrected chi connectivity index (χ2v) is 3.09. The number of hydrogen-bond acceptors (Lipinski definition) is 2. The monoisotopic (exact) mass is 214 g/mol. The van der Waals surface area contributed by atoms with E-state index in [0.29, 0.717) is 19.1 Å². The molecule has 3 heteroatoms. The average Bonchev–Trinajstić information content (AvgIpc) is 2.25. The van der Waals surface area contributed by atoms with Crippen molar-refractivity contribution in [3.8, 4) is 5.75 Å². The predicted octanol–water partition coefficient (Wildman–Crippen LogP) is 2.84. The van der Waals surface area contributed by atoms with Gasteiger partial charge in [0.2, 0.25) is 0 Å². The molecule has 0 aliphatic heterocycles. The maximum absolute atomic E-state index is 5.70. The Morgan fingerprint density at radius 2 is 2.14 bits per heavy atom. The van der Waals surface area contributed by atoms with Crippen molar-refractivity contribution in [1.29, 1.82) is 0 Å². The molecule has 14 heavy (non-hydrogen) atoms. The van der Waals surface area contributed by atoms with Crippen molar-refractivity contribution in [3.05, 3.63) is 29.8 Å². The van der Waals surface area contributed by atoms with E-state index in [1.807, 2.05) is 31.2 Å². The van der Waals surface area contributed by atoms with Crippen LogP contribution in [0.2, 0.25) is 0 Å². The molecule has 2 nitrogen and oxygen atoms in total. The number of halogens is 1. The van der Waals surface area contributed by atoms with Gasteiger partial charge in [-0.15, -0.1) is 11.6 Å². The van der Waals surface area contributed by atoms with Gasteiger partial charge in [0.1, 0.15) is 12.4 Å². The number of rotatable bonds is 6. The first-order chi connectivity index (χ1) is 6.86. The molecule has 0 aliphatic carbocycles. The van der Waals surface area contributed by atoms with Gasteiger partial charge in [-0.3, -0.25) is 0 Å². The van der Waals surface area contributed by atoms with E-state index in [1.54, 1.807) is 0 Å². The lowest BCUT2D eigenvalue weighted by molar-refractivity contribution is 0.110. The zero-order chi connectivity index (χ0) is 10.2. The summed E-state index contributed by atoms with van der Waals surface area (Å²) in [5.41, 5.74) is 1.07. The average molecular weight is 215 g/mol. The molecule has 0 radical (unpaired) electrons. The maximum Gasteiger partial charge on any atom is 0.119 e. The highest BCUT2D eigenvalue weighted by atomic mass is 35.5. The molecule has 0 spiro atoms. The fraction of sp³-hybridized carbons (Fsp3) is 0.455. The van der Waals surface area contributed by atoms with Crippen LogP contribution in [0, 0.1) is 0 Å². The summed E-state index contributed by atoms with van der Waals surface area (Å²) in [6.45, 7) is 3.90. The van der Waals surface area contributed by atoms with E-state index in [9.17, 15) is 0 Å². The van der Waals surface area contributed by atoms with E-state index in [2.05, 4.69) is 0 Å². The molecule has 1 aromatic carbocycles. The van der Waals surface area contributed by atoms with Crippen LogP contribution in [0.3, 0.4) is 0 Å². The highest BCUT2D eigenvalue weighted by Crippen LogP contribution is 2.14. The van der Waals surface area contributed by atoms with Crippen LogP contribution in [-0.2, 0) is 10.6 Å². The van der Waals surface area contributed by atoms with Gasteiger partial charge in [-0.2, -0.15) is 0 Å². The largest absolute Gasteiger partial charge is 0.491 e. The summed E-state index contributed by atoms with van der Waals surface area (Å²) in [5.74, 6) is 1.37. The molecule has 0 fully saturated rings. The highest BCUT2D eigenvalue weighted by Gasteiger charge is 1.95. The SMILES string of the molecule is CCOCCOc1cccc(CCl)c1. The van der Waals surface area contributed by atoms with Crippen LogP contribution < -0.4 is 4.74 Å². The first kappa shape index (κ1) is 11.3. The van der Waals surface area contributed by atoms with Crippen molar-refractivity contribution in [1.82, 2.24) is 0 Å². The van der Waals surface area contributed by atoms with Crippen molar-refractivity contribution in [2.24, 2.45) is 0 Å². The minimum Gasteiger partial charge on any atom is -0.491 e. The molecule has 78 valence electrons. The lowest BCUT2D eigenvalue weighted by Gasteiger charge is -2.06. The van der Waals surface area contributed by atoms with Crippen LogP contribution in [-0.4, -0.2) is 19.8 Å². The van der Waals surface area contributed by atoms with Gasteiger partial charge in [-0.1, -0.05) is 12.1 Å². The van der Waals surface area contributed by atoms with E-state index >= 15 is 0 Å². The van der Waals surface area contributed by atoms with Crippen LogP contribution in [0.25, 0.3) is 0 Å². The molecule has 0 amide bonds. The molecule has 0 atom stereocenters. The Labute approximate surface area is 89.8 Å². The van der Waals surface area contributed by atoms with Gasteiger partial charge in [-0.05, 0) is 24.6 Å². The van der Waals surface area contributed by atoms with Crippen LogP contribution in [0.4, 0.5) is 0 Å². The summed E-state index contributed by atoms with van der Waals surface area (Å²) in [6.07, 6.45) is 0. The quantitative estimate of drug-likeness (QED) is 0.536. The van der Waals surface area contributed by atoms with Gasteiger partial charge in [0.25, 0.3) is 0 Å². The van der Waals surface area contributed by atoms with Gasteiger partial charge >= 0.3 is 0 Å². The zero-order valence-electron chi connectivity index (χ0n) is 8.33. The van der Waals surface area contributed by atoms with Crippen molar-refractivity contribution in [3.63, 3.8) is 0 Å². The molecular weight excluding hydrogens is 200 g/mol. The number of benzene rings is 1. The minimum absolute atomic E-state index is 0.517. The van der Waals surface area contributed by atoms with Crippen LogP contribution >= 0.6 is 11.6 Å². The third kappa shape index (κ3) is 3.99. The molecule has 0 saturated heterocycles. The van der Waals surface area contributed by atoms with Crippen molar-refractivity contribution >= 4 is 11.6 Å². The van der Waals surface area contributed by atoms with Gasteiger partial charge in [0.05, 0.1) is 6.61 Å². The number of ether oxygens (including phenoxy) is 2. The Hall–Kier alpha value is -0.730. The standard InChI is InChI=1S/C11H15ClO2/c1-2-13-6-7-14-11-5-3-4-10(8-11)9-12/h3-5,8H,2,6-7,9H2,1H3. The van der Waals surface area contributed by atoms with Crippen LogP contribution in [0.15, 0.2) is 24.3 Å². The molecule has 1 rings (SSSR count). The van der Waals surface area contributed by atoms with Crippen molar-refractivity contribution in [2.45, 2.75) is 12.8 Å². The van der Waals surface area contributed by atoms with Gasteiger partial charge < -0.3 is 9.47 Å². The third-order valence-corrected chi connectivity index (χ3v) is 2.06. The Bertz CT molecular complexity index is 263. The summed E-state index contributed by atoms with van der Waals surface area (Å²) >= 11 is 5.70. The van der Waals surface area contributed by atoms with Crippen LogP contribution in [0.5, 0.6) is 5.75 Å². The molecule has 0 bridgehead atoms. The van der Waals surface area contributed by atoms with E-state index in [-0.39, 0.29) is 0 Å². The first-order valence-electron chi connectivity index (χ1n) is 4.72. The molecule has 0 unspecified atom stereocenters. The fourth-order valence-corrected chi connectivity index (χ4v) is 1.25. The number of hydrogen-bond donors (Lipinski definition) is 0. The molecule has 0 saturated carbocycles. The van der Waals surface area contributed by atoms with E-state index in [1.165, 1.54) is 0 Å². The minimum atomic E-state index is 0.517. The summed E-state index contributed by atoms with van der Waals surface area (Å²) in [6, 6.07) is 7.77. The predicted molar refractivity (Wildman–Crippen MR) is 58.0 cm³/mol. The maximum atomic E-state index is 5.70. The van der Waals surface area contributed by atoms with Gasteiger partial charge in [0.15, 0.2) is 0 Å². The number of alkyl halides is 1. The summed E-state index contributed by atoms with van der Waals surface area (Å²) < 4.78 is 10.6. The molecule has 0 heterocycles. The Balaban J connectivity index is 2.34. The molecule has 0 aliphatic rings. The Kier molecular flexibility index (Phi) is 5.42. The van der Waals surface area contributed by atoms with Gasteiger partial charge in [-0.25, -0.2) is 0 Å². The Morgan fingerprint density at radius 3 is 2.86 bits per heavy atom. The summed E-state index contributed by atoms with van der Waals surface area (Å²) in [5, 5.41) is 0. The normalized spacial score (nSPS) is 10.1. The Morgan fingerprint density at radius 1 is 1.29 bits per heavy atom. The van der Waals surface area contributed by atoms with Crippen molar-refractivity contribution in [2.75, 3.05) is 19.8 Å². The summed E-state index contributed by atoms with van der Waals surface area (Å²) in [4.78, 5) is 0. The lowest BCUT2D eigenvalue weighted by atomic mass is 10.2. The summed E-state index contributed by atoms with van der Waals surface area (Å²) in [7, 11) is 0. The second kappa shape index (κ2) is 6.68. The highest BCUT2D eigenvalue weighted by molar-refractivity contribution is 6.17. The van der Waals surface area contributed by atoms with Gasteiger partial charge in [0, 0.05) is 12.5 Å². The fourth-order valence-electron chi connectivity index (χ4n) is 1.08. The zero-order valence-corrected chi connectivity index (χ0v) is 9.09. The third-order valence-electron chi connectivity index (χ3n) is 1.75. The van der Waals surface area contributed by atoms with E-state index in [4.69, 9.17) is 21.1 Å². The van der Waals surface area contributed by atoms with E-state index in [0.717, 1.165) is 17.9 Å². The topological polar surface area (TPSA) is 18.5 Å². The molecule has 0 N–H and O–H groups in total.